The molecule has 3 aromatic rings. The minimum atomic E-state index is -0.212. The molecule has 24 heavy (non-hydrogen) atoms. The van der Waals surface area contributed by atoms with Crippen molar-refractivity contribution in [3.8, 4) is 0 Å². The van der Waals surface area contributed by atoms with Crippen molar-refractivity contribution in [2.45, 2.75) is 6.04 Å². The molecule has 0 aliphatic carbocycles. The summed E-state index contributed by atoms with van der Waals surface area (Å²) < 4.78 is 11.0. The number of aromatic nitrogens is 1. The fourth-order valence-electron chi connectivity index (χ4n) is 2.38. The molecule has 1 aromatic carbocycles. The maximum absolute atomic E-state index is 12.0. The van der Waals surface area contributed by atoms with Gasteiger partial charge in [0.1, 0.15) is 11.3 Å². The zero-order valence-electron chi connectivity index (χ0n) is 13.6. The lowest BCUT2D eigenvalue weighted by Gasteiger charge is -2.22. The van der Waals surface area contributed by atoms with Crippen LogP contribution in [0.3, 0.4) is 0 Å². The molecule has 124 valence electrons. The molecule has 0 fully saturated rings. The summed E-state index contributed by atoms with van der Waals surface area (Å²) in [6.07, 6.45) is 4.60. The van der Waals surface area contributed by atoms with E-state index in [1.54, 1.807) is 12.3 Å². The fourth-order valence-corrected chi connectivity index (χ4v) is 2.38. The predicted molar refractivity (Wildman–Crippen MR) is 91.2 cm³/mol. The van der Waals surface area contributed by atoms with E-state index in [0.29, 0.717) is 18.0 Å². The molecule has 0 aliphatic heterocycles. The number of hydrogen-bond donors (Lipinski definition) is 1. The van der Waals surface area contributed by atoms with Crippen LogP contribution < -0.4 is 5.32 Å². The SMILES string of the molecule is CN(C)C(CNC(=O)C=Cc1nc2ccccc2o1)c1ccco1. The Kier molecular flexibility index (Phi) is 4.77. The minimum absolute atomic E-state index is 0.0262. The average Bonchev–Trinajstić information content (AvgIpc) is 3.22. The maximum atomic E-state index is 12.0. The zero-order valence-corrected chi connectivity index (χ0v) is 13.6. The lowest BCUT2D eigenvalue weighted by molar-refractivity contribution is -0.116. The van der Waals surface area contributed by atoms with E-state index in [-0.39, 0.29) is 11.9 Å². The Hall–Kier alpha value is -2.86. The van der Waals surface area contributed by atoms with Crippen molar-refractivity contribution in [2.24, 2.45) is 0 Å². The van der Waals surface area contributed by atoms with E-state index in [4.69, 9.17) is 8.83 Å². The number of carbonyl (C=O) groups excluding carboxylic acids is 1. The number of amides is 1. The van der Waals surface area contributed by atoms with E-state index in [1.165, 1.54) is 6.08 Å². The summed E-state index contributed by atoms with van der Waals surface area (Å²) in [6, 6.07) is 11.2. The first-order valence-electron chi connectivity index (χ1n) is 7.65. The van der Waals surface area contributed by atoms with E-state index < -0.39 is 0 Å². The molecular weight excluding hydrogens is 306 g/mol. The van der Waals surface area contributed by atoms with Crippen LogP contribution in [0.4, 0.5) is 0 Å². The van der Waals surface area contributed by atoms with E-state index in [1.807, 2.05) is 55.4 Å². The molecule has 0 radical (unpaired) electrons. The monoisotopic (exact) mass is 325 g/mol. The predicted octanol–water partition coefficient (Wildman–Crippen LogP) is 2.85. The number of nitrogens with one attached hydrogen (secondary N) is 1. The van der Waals surface area contributed by atoms with Crippen LogP contribution in [0.15, 0.2) is 57.6 Å². The zero-order chi connectivity index (χ0) is 16.9. The van der Waals surface area contributed by atoms with Gasteiger partial charge in [0.25, 0.3) is 0 Å². The summed E-state index contributed by atoms with van der Waals surface area (Å²) in [7, 11) is 3.88. The molecule has 0 spiro atoms. The van der Waals surface area contributed by atoms with Gasteiger partial charge in [-0.1, -0.05) is 12.1 Å². The molecule has 6 nitrogen and oxygen atoms in total. The molecule has 1 N–H and O–H groups in total. The number of likely N-dealkylation sites (N-methyl/N-ethyl adjacent to an activating group) is 1. The molecule has 6 heteroatoms. The van der Waals surface area contributed by atoms with Crippen LogP contribution >= 0.6 is 0 Å². The van der Waals surface area contributed by atoms with Crippen LogP contribution in [0.25, 0.3) is 17.2 Å². The van der Waals surface area contributed by atoms with Crippen LogP contribution in [0.5, 0.6) is 0 Å². The van der Waals surface area contributed by atoms with Crippen molar-refractivity contribution in [1.82, 2.24) is 15.2 Å². The van der Waals surface area contributed by atoms with Crippen molar-refractivity contribution in [3.05, 3.63) is 60.4 Å². The quantitative estimate of drug-likeness (QED) is 0.706. The average molecular weight is 325 g/mol. The Morgan fingerprint density at radius 3 is 2.83 bits per heavy atom. The van der Waals surface area contributed by atoms with Crippen molar-refractivity contribution in [2.75, 3.05) is 20.6 Å². The third-order valence-corrected chi connectivity index (χ3v) is 3.65. The van der Waals surface area contributed by atoms with Crippen LogP contribution in [0, 0.1) is 0 Å². The summed E-state index contributed by atoms with van der Waals surface area (Å²) in [5.74, 6) is 1.00. The summed E-state index contributed by atoms with van der Waals surface area (Å²) in [5, 5.41) is 2.86. The topological polar surface area (TPSA) is 71.5 Å². The molecule has 2 heterocycles. The van der Waals surface area contributed by atoms with E-state index in [2.05, 4.69) is 10.3 Å². The van der Waals surface area contributed by atoms with E-state index in [0.717, 1.165) is 11.3 Å². The van der Waals surface area contributed by atoms with Gasteiger partial charge in [0.2, 0.25) is 11.8 Å². The van der Waals surface area contributed by atoms with Crippen LogP contribution in [0.1, 0.15) is 17.7 Å². The van der Waals surface area contributed by atoms with Crippen molar-refractivity contribution < 1.29 is 13.6 Å². The van der Waals surface area contributed by atoms with Gasteiger partial charge in [-0.25, -0.2) is 4.98 Å². The second-order valence-corrected chi connectivity index (χ2v) is 5.59. The number of para-hydroxylation sites is 2. The van der Waals surface area contributed by atoms with Crippen LogP contribution in [0.2, 0.25) is 0 Å². The highest BCUT2D eigenvalue weighted by Gasteiger charge is 2.17. The van der Waals surface area contributed by atoms with Gasteiger partial charge in [0.15, 0.2) is 5.58 Å². The first-order chi connectivity index (χ1) is 11.6. The number of benzene rings is 1. The van der Waals surface area contributed by atoms with Gasteiger partial charge in [-0.3, -0.25) is 9.69 Å². The molecule has 1 amide bonds. The molecular formula is C18H19N3O3. The Labute approximate surface area is 139 Å². The number of hydrogen-bond acceptors (Lipinski definition) is 5. The molecule has 1 atom stereocenters. The Morgan fingerprint density at radius 1 is 1.29 bits per heavy atom. The second kappa shape index (κ2) is 7.14. The number of carbonyl (C=O) groups is 1. The normalized spacial score (nSPS) is 13.0. The maximum Gasteiger partial charge on any atom is 0.244 e. The molecule has 0 bridgehead atoms. The summed E-state index contributed by atoms with van der Waals surface area (Å²) >= 11 is 0. The fraction of sp³-hybridized carbons (Fsp3) is 0.222. The molecule has 2 aromatic heterocycles. The smallest absolute Gasteiger partial charge is 0.244 e. The van der Waals surface area contributed by atoms with Gasteiger partial charge in [0, 0.05) is 18.7 Å². The van der Waals surface area contributed by atoms with Crippen molar-refractivity contribution in [1.29, 1.82) is 0 Å². The van der Waals surface area contributed by atoms with Gasteiger partial charge in [-0.2, -0.15) is 0 Å². The molecule has 1 unspecified atom stereocenters. The summed E-state index contributed by atoms with van der Waals surface area (Å²) in [6.45, 7) is 0.442. The third kappa shape index (κ3) is 3.72. The highest BCUT2D eigenvalue weighted by Crippen LogP contribution is 2.18. The Morgan fingerprint density at radius 2 is 2.12 bits per heavy atom. The van der Waals surface area contributed by atoms with E-state index >= 15 is 0 Å². The summed E-state index contributed by atoms with van der Waals surface area (Å²) in [4.78, 5) is 18.3. The highest BCUT2D eigenvalue weighted by atomic mass is 16.3. The van der Waals surface area contributed by atoms with Crippen LogP contribution in [-0.4, -0.2) is 36.4 Å². The Balaban J connectivity index is 1.60. The van der Waals surface area contributed by atoms with Crippen molar-refractivity contribution >= 4 is 23.1 Å². The van der Waals surface area contributed by atoms with Gasteiger partial charge in [-0.05, 0) is 38.4 Å². The molecule has 0 aliphatic rings. The van der Waals surface area contributed by atoms with Gasteiger partial charge in [-0.15, -0.1) is 0 Å². The highest BCUT2D eigenvalue weighted by molar-refractivity contribution is 5.91. The lowest BCUT2D eigenvalue weighted by atomic mass is 10.2. The first-order valence-corrected chi connectivity index (χ1v) is 7.65. The largest absolute Gasteiger partial charge is 0.468 e. The third-order valence-electron chi connectivity index (χ3n) is 3.65. The van der Waals surface area contributed by atoms with Crippen molar-refractivity contribution in [3.63, 3.8) is 0 Å². The lowest BCUT2D eigenvalue weighted by Crippen LogP contribution is -2.33. The number of furan rings is 1. The number of oxazole rings is 1. The van der Waals surface area contributed by atoms with Gasteiger partial charge >= 0.3 is 0 Å². The minimum Gasteiger partial charge on any atom is -0.468 e. The molecule has 0 saturated carbocycles. The summed E-state index contributed by atoms with van der Waals surface area (Å²) in [5.41, 5.74) is 1.46. The van der Waals surface area contributed by atoms with E-state index in [9.17, 15) is 4.79 Å². The number of rotatable bonds is 6. The first kappa shape index (κ1) is 16.0. The Bertz CT molecular complexity index is 801. The van der Waals surface area contributed by atoms with Gasteiger partial charge < -0.3 is 14.2 Å². The van der Waals surface area contributed by atoms with Gasteiger partial charge in [0.05, 0.1) is 12.3 Å². The van der Waals surface area contributed by atoms with Crippen LogP contribution in [-0.2, 0) is 4.79 Å². The standard InChI is InChI=1S/C18H19N3O3/c1-21(2)14(16-8-5-11-23-16)12-19-17(22)9-10-18-20-13-6-3-4-7-15(13)24-18/h3-11,14H,12H2,1-2H3,(H,19,22). The molecule has 3 rings (SSSR count). The number of fused-ring (bicyclic) bond motifs is 1. The second-order valence-electron chi connectivity index (χ2n) is 5.59. The number of nitrogens with zero attached hydrogens (tertiary/aromatic N) is 2. The molecule has 0 saturated heterocycles.